The first-order valence-electron chi connectivity index (χ1n) is 4.48. The Morgan fingerprint density at radius 1 is 1.83 bits per heavy atom. The second kappa shape index (κ2) is 4.80. The molecule has 0 saturated heterocycles. The fourth-order valence-corrected chi connectivity index (χ4v) is 1.17. The monoisotopic (exact) mass is 167 g/mol. The average molecular weight is 167 g/mol. The van der Waals surface area contributed by atoms with E-state index in [1.807, 2.05) is 6.08 Å². The zero-order chi connectivity index (χ0) is 8.81. The molecule has 68 valence electrons. The number of guanidine groups is 1. The van der Waals surface area contributed by atoms with Crippen LogP contribution in [0.3, 0.4) is 0 Å². The van der Waals surface area contributed by atoms with E-state index < -0.39 is 0 Å². The summed E-state index contributed by atoms with van der Waals surface area (Å²) in [4.78, 5) is 4.31. The molecule has 0 spiro atoms. The fraction of sp³-hybridized carbons (Fsp3) is 0.667. The summed E-state index contributed by atoms with van der Waals surface area (Å²) < 4.78 is 0. The molecule has 2 N–H and O–H groups in total. The maximum absolute atomic E-state index is 4.31. The Kier molecular flexibility index (Phi) is 3.64. The van der Waals surface area contributed by atoms with Gasteiger partial charge < -0.3 is 10.6 Å². The lowest BCUT2D eigenvalue weighted by molar-refractivity contribution is 0.628. The molecule has 0 aromatic heterocycles. The van der Waals surface area contributed by atoms with Gasteiger partial charge in [0.1, 0.15) is 0 Å². The summed E-state index contributed by atoms with van der Waals surface area (Å²) in [6, 6.07) is 0.423. The Morgan fingerprint density at radius 3 is 3.25 bits per heavy atom. The van der Waals surface area contributed by atoms with Crippen molar-refractivity contribution in [3.63, 3.8) is 0 Å². The van der Waals surface area contributed by atoms with Crippen LogP contribution in [0.4, 0.5) is 0 Å². The topological polar surface area (TPSA) is 36.4 Å². The number of hydrogen-bond acceptors (Lipinski definition) is 3. The van der Waals surface area contributed by atoms with Crippen molar-refractivity contribution in [3.8, 4) is 0 Å². The molecule has 0 aromatic rings. The number of hydrogen-bond donors (Lipinski definition) is 2. The van der Waals surface area contributed by atoms with E-state index in [0.717, 1.165) is 31.9 Å². The van der Waals surface area contributed by atoms with Gasteiger partial charge in [-0.1, -0.05) is 6.08 Å². The van der Waals surface area contributed by atoms with Crippen LogP contribution in [-0.4, -0.2) is 25.1 Å². The number of aliphatic imine (C=N–C) groups is 1. The zero-order valence-electron chi connectivity index (χ0n) is 7.64. The minimum atomic E-state index is 0.423. The van der Waals surface area contributed by atoms with Gasteiger partial charge in [-0.2, -0.15) is 0 Å². The highest BCUT2D eigenvalue weighted by Crippen LogP contribution is 1.93. The maximum Gasteiger partial charge on any atom is 0.191 e. The summed E-state index contributed by atoms with van der Waals surface area (Å²) in [6.07, 6.45) is 4.03. The third kappa shape index (κ3) is 2.95. The number of nitrogens with one attached hydrogen (secondary N) is 2. The summed E-state index contributed by atoms with van der Waals surface area (Å²) in [6.45, 7) is 7.79. The van der Waals surface area contributed by atoms with E-state index in [0.29, 0.717) is 6.04 Å². The number of rotatable bonds is 3. The Hall–Kier alpha value is -0.990. The van der Waals surface area contributed by atoms with Gasteiger partial charge in [-0.3, -0.25) is 4.99 Å². The molecule has 0 bridgehead atoms. The Labute approximate surface area is 74.0 Å². The van der Waals surface area contributed by atoms with Gasteiger partial charge in [0.05, 0.1) is 0 Å². The van der Waals surface area contributed by atoms with E-state index in [-0.39, 0.29) is 0 Å². The maximum atomic E-state index is 4.31. The Balaban J connectivity index is 2.28. The summed E-state index contributed by atoms with van der Waals surface area (Å²) in [5, 5.41) is 6.50. The molecule has 0 amide bonds. The van der Waals surface area contributed by atoms with Crippen LogP contribution in [0.2, 0.25) is 0 Å². The summed E-state index contributed by atoms with van der Waals surface area (Å²) in [5.74, 6) is 0.940. The molecule has 1 heterocycles. The van der Waals surface area contributed by atoms with E-state index >= 15 is 0 Å². The van der Waals surface area contributed by atoms with Gasteiger partial charge in [0.2, 0.25) is 0 Å². The van der Waals surface area contributed by atoms with Crippen molar-refractivity contribution >= 4 is 5.96 Å². The zero-order valence-corrected chi connectivity index (χ0v) is 7.64. The Morgan fingerprint density at radius 2 is 2.67 bits per heavy atom. The van der Waals surface area contributed by atoms with Gasteiger partial charge in [0.25, 0.3) is 0 Å². The lowest BCUT2D eigenvalue weighted by atomic mass is 10.2. The van der Waals surface area contributed by atoms with Crippen molar-refractivity contribution in [3.05, 3.63) is 12.7 Å². The molecule has 3 nitrogen and oxygen atoms in total. The van der Waals surface area contributed by atoms with Gasteiger partial charge in [-0.15, -0.1) is 6.58 Å². The molecule has 1 aliphatic heterocycles. The molecule has 0 aliphatic carbocycles. The molecule has 1 aliphatic rings. The molecule has 12 heavy (non-hydrogen) atoms. The normalized spacial score (nSPS) is 18.9. The average Bonchev–Trinajstić information content (AvgIpc) is 2.06. The summed E-state index contributed by atoms with van der Waals surface area (Å²) >= 11 is 0. The van der Waals surface area contributed by atoms with Crippen LogP contribution in [0.15, 0.2) is 17.6 Å². The molecule has 0 saturated carbocycles. The minimum Gasteiger partial charge on any atom is -0.356 e. The van der Waals surface area contributed by atoms with Crippen LogP contribution in [0.5, 0.6) is 0 Å². The van der Waals surface area contributed by atoms with Crippen LogP contribution in [-0.2, 0) is 0 Å². The van der Waals surface area contributed by atoms with E-state index in [9.17, 15) is 0 Å². The molecule has 1 unspecified atom stereocenters. The third-order valence-electron chi connectivity index (χ3n) is 1.80. The van der Waals surface area contributed by atoms with Crippen LogP contribution in [0, 0.1) is 0 Å². The van der Waals surface area contributed by atoms with Crippen LogP contribution in [0.25, 0.3) is 0 Å². The van der Waals surface area contributed by atoms with Crippen LogP contribution >= 0.6 is 0 Å². The molecule has 0 radical (unpaired) electrons. The van der Waals surface area contributed by atoms with Crippen molar-refractivity contribution in [2.75, 3.05) is 13.1 Å². The summed E-state index contributed by atoms with van der Waals surface area (Å²) in [5.41, 5.74) is 0. The van der Waals surface area contributed by atoms with Gasteiger partial charge in [-0.25, -0.2) is 0 Å². The lowest BCUT2D eigenvalue weighted by Gasteiger charge is -2.19. The van der Waals surface area contributed by atoms with Gasteiger partial charge in [0.15, 0.2) is 5.96 Å². The lowest BCUT2D eigenvalue weighted by Crippen LogP contribution is -2.44. The van der Waals surface area contributed by atoms with E-state index in [2.05, 4.69) is 29.1 Å². The van der Waals surface area contributed by atoms with Gasteiger partial charge >= 0.3 is 0 Å². The van der Waals surface area contributed by atoms with Crippen molar-refractivity contribution in [2.24, 2.45) is 4.99 Å². The van der Waals surface area contributed by atoms with Crippen molar-refractivity contribution < 1.29 is 0 Å². The van der Waals surface area contributed by atoms with E-state index in [1.165, 1.54) is 0 Å². The number of nitrogens with zero attached hydrogens (tertiary/aromatic N) is 1. The third-order valence-corrected chi connectivity index (χ3v) is 1.80. The highest BCUT2D eigenvalue weighted by Gasteiger charge is 2.05. The summed E-state index contributed by atoms with van der Waals surface area (Å²) in [7, 11) is 0. The first-order valence-corrected chi connectivity index (χ1v) is 4.48. The minimum absolute atomic E-state index is 0.423. The van der Waals surface area contributed by atoms with Crippen LogP contribution in [0.1, 0.15) is 19.8 Å². The SMILES string of the molecule is C=CCC(C)NC1=NCCCN1. The van der Waals surface area contributed by atoms with E-state index in [4.69, 9.17) is 0 Å². The van der Waals surface area contributed by atoms with Crippen LogP contribution < -0.4 is 10.6 Å². The quantitative estimate of drug-likeness (QED) is 0.612. The highest BCUT2D eigenvalue weighted by atomic mass is 15.2. The first-order chi connectivity index (χ1) is 5.83. The standard InChI is InChI=1S/C9H17N3/c1-3-5-8(2)12-9-10-6-4-7-11-9/h3,8H,1,4-7H2,2H3,(H2,10,11,12). The molecule has 1 atom stereocenters. The first kappa shape index (κ1) is 9.10. The van der Waals surface area contributed by atoms with Crippen molar-refractivity contribution in [2.45, 2.75) is 25.8 Å². The predicted octanol–water partition coefficient (Wildman–Crippen LogP) is 0.890. The molecule has 1 rings (SSSR count). The Bertz CT molecular complexity index is 175. The highest BCUT2D eigenvalue weighted by molar-refractivity contribution is 5.80. The molecule has 3 heteroatoms. The predicted molar refractivity (Wildman–Crippen MR) is 52.3 cm³/mol. The van der Waals surface area contributed by atoms with Gasteiger partial charge in [-0.05, 0) is 19.8 Å². The van der Waals surface area contributed by atoms with Gasteiger partial charge in [0, 0.05) is 19.1 Å². The molecule has 0 fully saturated rings. The van der Waals surface area contributed by atoms with Crippen molar-refractivity contribution in [1.29, 1.82) is 0 Å². The van der Waals surface area contributed by atoms with E-state index in [1.54, 1.807) is 0 Å². The molecular weight excluding hydrogens is 150 g/mol. The second-order valence-electron chi connectivity index (χ2n) is 3.08. The molecule has 0 aromatic carbocycles. The fourth-order valence-electron chi connectivity index (χ4n) is 1.17. The van der Waals surface area contributed by atoms with Crippen molar-refractivity contribution in [1.82, 2.24) is 10.6 Å². The largest absolute Gasteiger partial charge is 0.356 e. The molecular formula is C9H17N3. The second-order valence-corrected chi connectivity index (χ2v) is 3.08. The smallest absolute Gasteiger partial charge is 0.191 e.